The normalized spacial score (nSPS) is 12.8. The fourth-order valence-corrected chi connectivity index (χ4v) is 10.8. The molecule has 0 aromatic carbocycles. The molecule has 0 saturated heterocycles. The topological polar surface area (TPSA) is 111 Å². The second kappa shape index (κ2) is 65.5. The average molecular weight is 1170 g/mol. The van der Waals surface area contributed by atoms with Gasteiger partial charge in [-0.1, -0.05) is 314 Å². The van der Waals surface area contributed by atoms with Crippen LogP contribution in [-0.4, -0.2) is 82.3 Å². The first kappa shape index (κ1) is 80.5. The standard InChI is InChI=1S/C74H139NO8/c1-6-8-10-12-14-16-18-20-22-24-26-28-29-30-31-32-33-34-35-36-37-38-39-40-41-42-43-45-47-49-51-53-55-57-59-61-63-65-72(77)83-70(69-82-74(73(78)79)80-67-66-75(3,4)5)68-81-71(76)64-62-60-58-56-54-52-50-48-46-44-27-25-23-21-19-17-15-13-11-9-7-2/h18,20,24-27,70,74H,6-17,19,21-23,28-69H2,1-5H3/b20-18-,26-24-,27-25-. The SMILES string of the molecule is CCCCCCC/C=C\C/C=C\CCCCCCCCCCCCCCCCCCCCCCCCCCCC(=O)OC(COC(=O)CCCCCCCCCCC/C=C\CCCCCCCCCC)COC(OCC[N+](C)(C)C)C(=O)[O-]. The predicted molar refractivity (Wildman–Crippen MR) is 353 cm³/mol. The molecule has 0 saturated carbocycles. The summed E-state index contributed by atoms with van der Waals surface area (Å²) in [4.78, 5) is 37.5. The molecule has 9 nitrogen and oxygen atoms in total. The van der Waals surface area contributed by atoms with Crippen molar-refractivity contribution in [2.75, 3.05) is 47.5 Å². The Balaban J connectivity index is 3.99. The maximum absolute atomic E-state index is 12.9. The number of rotatable bonds is 68. The van der Waals surface area contributed by atoms with Gasteiger partial charge in [-0.15, -0.1) is 0 Å². The van der Waals surface area contributed by atoms with Crippen molar-refractivity contribution in [2.45, 2.75) is 373 Å². The van der Waals surface area contributed by atoms with Gasteiger partial charge in [0.2, 0.25) is 0 Å². The summed E-state index contributed by atoms with van der Waals surface area (Å²) in [6.45, 7) is 4.80. The van der Waals surface area contributed by atoms with Crippen LogP contribution in [0.5, 0.6) is 0 Å². The highest BCUT2D eigenvalue weighted by Gasteiger charge is 2.22. The van der Waals surface area contributed by atoms with Crippen LogP contribution in [0.15, 0.2) is 36.5 Å². The molecule has 0 aliphatic carbocycles. The first-order valence-electron chi connectivity index (χ1n) is 36.1. The van der Waals surface area contributed by atoms with Gasteiger partial charge in [0.1, 0.15) is 13.2 Å². The van der Waals surface area contributed by atoms with Crippen molar-refractivity contribution in [3.05, 3.63) is 36.5 Å². The van der Waals surface area contributed by atoms with Crippen molar-refractivity contribution in [3.63, 3.8) is 0 Å². The number of allylic oxidation sites excluding steroid dienone is 6. The van der Waals surface area contributed by atoms with Gasteiger partial charge in [-0.2, -0.15) is 0 Å². The molecule has 0 aliphatic heterocycles. The van der Waals surface area contributed by atoms with Crippen molar-refractivity contribution >= 4 is 17.9 Å². The van der Waals surface area contributed by atoms with Crippen LogP contribution in [0.1, 0.15) is 361 Å². The number of carbonyl (C=O) groups excluding carboxylic acids is 3. The molecule has 488 valence electrons. The van der Waals surface area contributed by atoms with Gasteiger partial charge < -0.3 is 33.3 Å². The van der Waals surface area contributed by atoms with Crippen molar-refractivity contribution in [2.24, 2.45) is 0 Å². The summed E-state index contributed by atoms with van der Waals surface area (Å²) in [6, 6.07) is 0. The molecule has 2 atom stereocenters. The van der Waals surface area contributed by atoms with Crippen LogP contribution in [0.4, 0.5) is 0 Å². The quantitative estimate of drug-likeness (QED) is 0.0195. The third-order valence-corrected chi connectivity index (χ3v) is 16.4. The molecule has 0 aromatic heterocycles. The van der Waals surface area contributed by atoms with Crippen molar-refractivity contribution in [1.29, 1.82) is 0 Å². The van der Waals surface area contributed by atoms with Gasteiger partial charge >= 0.3 is 11.9 Å². The molecule has 0 spiro atoms. The molecular weight excluding hydrogens is 1030 g/mol. The van der Waals surface area contributed by atoms with Gasteiger partial charge in [-0.25, -0.2) is 0 Å². The lowest BCUT2D eigenvalue weighted by molar-refractivity contribution is -0.870. The van der Waals surface area contributed by atoms with E-state index < -0.39 is 24.3 Å². The Kier molecular flexibility index (Phi) is 63.5. The van der Waals surface area contributed by atoms with Crippen molar-refractivity contribution < 1.29 is 42.9 Å². The summed E-state index contributed by atoms with van der Waals surface area (Å²) in [5, 5.41) is 11.8. The van der Waals surface area contributed by atoms with Crippen molar-refractivity contribution in [3.8, 4) is 0 Å². The maximum Gasteiger partial charge on any atom is 0.306 e. The second-order valence-electron chi connectivity index (χ2n) is 25.9. The molecule has 0 N–H and O–H groups in total. The zero-order chi connectivity index (χ0) is 60.5. The van der Waals surface area contributed by atoms with Gasteiger partial charge in [0, 0.05) is 12.8 Å². The zero-order valence-corrected chi connectivity index (χ0v) is 55.8. The molecule has 83 heavy (non-hydrogen) atoms. The molecule has 0 aromatic rings. The number of hydrogen-bond acceptors (Lipinski definition) is 8. The highest BCUT2D eigenvalue weighted by Crippen LogP contribution is 2.19. The van der Waals surface area contributed by atoms with Crippen LogP contribution in [0.3, 0.4) is 0 Å². The molecule has 0 fully saturated rings. The fraction of sp³-hybridized carbons (Fsp3) is 0.878. The summed E-state index contributed by atoms with van der Waals surface area (Å²) in [6.07, 6.45) is 79.6. The summed E-state index contributed by atoms with van der Waals surface area (Å²) < 4.78 is 22.8. The van der Waals surface area contributed by atoms with E-state index in [2.05, 4.69) is 50.3 Å². The molecule has 0 amide bonds. The average Bonchev–Trinajstić information content (AvgIpc) is 3.46. The Bertz CT molecular complexity index is 1450. The summed E-state index contributed by atoms with van der Waals surface area (Å²) >= 11 is 0. The van der Waals surface area contributed by atoms with E-state index in [1.807, 2.05) is 21.1 Å². The number of carboxylic acids is 1. The number of carbonyl (C=O) groups is 3. The van der Waals surface area contributed by atoms with E-state index in [4.69, 9.17) is 18.9 Å². The number of aliphatic carboxylic acids is 1. The van der Waals surface area contributed by atoms with E-state index >= 15 is 0 Å². The molecule has 0 bridgehead atoms. The number of ether oxygens (including phenoxy) is 4. The van der Waals surface area contributed by atoms with Gasteiger partial charge in [0.05, 0.1) is 40.3 Å². The smallest absolute Gasteiger partial charge is 0.306 e. The first-order chi connectivity index (χ1) is 40.6. The Morgan fingerprint density at radius 2 is 0.651 bits per heavy atom. The monoisotopic (exact) mass is 1170 g/mol. The molecular formula is C74H139NO8. The second-order valence-corrected chi connectivity index (χ2v) is 25.9. The lowest BCUT2D eigenvalue weighted by atomic mass is 10.0. The first-order valence-corrected chi connectivity index (χ1v) is 36.1. The van der Waals surface area contributed by atoms with Crippen molar-refractivity contribution in [1.82, 2.24) is 0 Å². The van der Waals surface area contributed by atoms with Gasteiger partial charge in [0.15, 0.2) is 12.4 Å². The Labute approximate surface area is 515 Å². The number of unbranched alkanes of at least 4 members (excludes halogenated alkanes) is 47. The largest absolute Gasteiger partial charge is 0.545 e. The summed E-state index contributed by atoms with van der Waals surface area (Å²) in [5.74, 6) is -2.26. The molecule has 9 heteroatoms. The molecule has 0 radical (unpaired) electrons. The highest BCUT2D eigenvalue weighted by atomic mass is 16.7. The zero-order valence-electron chi connectivity index (χ0n) is 55.8. The van der Waals surface area contributed by atoms with Crippen LogP contribution in [0.2, 0.25) is 0 Å². The van der Waals surface area contributed by atoms with Crippen LogP contribution in [0, 0.1) is 0 Å². The van der Waals surface area contributed by atoms with E-state index in [9.17, 15) is 19.5 Å². The Morgan fingerprint density at radius 1 is 0.361 bits per heavy atom. The van der Waals surface area contributed by atoms with E-state index in [0.717, 1.165) is 44.9 Å². The number of quaternary nitrogens is 1. The van der Waals surface area contributed by atoms with E-state index in [-0.39, 0.29) is 32.2 Å². The molecule has 2 unspecified atom stereocenters. The Hall–Kier alpha value is -2.49. The third kappa shape index (κ3) is 66.9. The number of likely N-dealkylation sites (N-methyl/N-ethyl adjacent to an activating group) is 1. The lowest BCUT2D eigenvalue weighted by Crippen LogP contribution is -2.44. The van der Waals surface area contributed by atoms with E-state index in [1.165, 1.54) is 289 Å². The molecule has 0 aliphatic rings. The minimum atomic E-state index is -1.62. The maximum atomic E-state index is 12.9. The predicted octanol–water partition coefficient (Wildman–Crippen LogP) is 21.0. The van der Waals surface area contributed by atoms with Gasteiger partial charge in [0.25, 0.3) is 0 Å². The number of hydrogen-bond donors (Lipinski definition) is 0. The summed E-state index contributed by atoms with van der Waals surface area (Å²) in [5.41, 5.74) is 0. The minimum absolute atomic E-state index is 0.150. The molecule has 0 rings (SSSR count). The number of nitrogens with zero attached hydrogens (tertiary/aromatic N) is 1. The van der Waals surface area contributed by atoms with Gasteiger partial charge in [-0.05, 0) is 70.6 Å². The minimum Gasteiger partial charge on any atom is -0.545 e. The van der Waals surface area contributed by atoms with Crippen LogP contribution >= 0.6 is 0 Å². The fourth-order valence-electron chi connectivity index (χ4n) is 10.8. The van der Waals surface area contributed by atoms with E-state index in [1.54, 1.807) is 0 Å². The Morgan fingerprint density at radius 3 is 0.964 bits per heavy atom. The van der Waals surface area contributed by atoms with Gasteiger partial charge in [-0.3, -0.25) is 9.59 Å². The number of esters is 2. The lowest BCUT2D eigenvalue weighted by Gasteiger charge is -2.26. The highest BCUT2D eigenvalue weighted by molar-refractivity contribution is 5.70. The summed E-state index contributed by atoms with van der Waals surface area (Å²) in [7, 11) is 5.94. The number of carboxylic acid groups (broad SMARTS) is 1. The van der Waals surface area contributed by atoms with E-state index in [0.29, 0.717) is 17.4 Å². The van der Waals surface area contributed by atoms with Crippen LogP contribution in [-0.2, 0) is 33.3 Å². The van der Waals surface area contributed by atoms with Crippen LogP contribution in [0.25, 0.3) is 0 Å². The third-order valence-electron chi connectivity index (χ3n) is 16.4. The van der Waals surface area contributed by atoms with Crippen LogP contribution < -0.4 is 5.11 Å². The molecule has 0 heterocycles.